The van der Waals surface area contributed by atoms with E-state index in [0.29, 0.717) is 5.56 Å². The van der Waals surface area contributed by atoms with Crippen molar-refractivity contribution in [3.63, 3.8) is 0 Å². The van der Waals surface area contributed by atoms with Crippen LogP contribution in [0.2, 0.25) is 0 Å². The number of H-pyrrole nitrogens is 1. The molecule has 0 aliphatic heterocycles. The lowest BCUT2D eigenvalue weighted by atomic mass is 9.97. The summed E-state index contributed by atoms with van der Waals surface area (Å²) in [6, 6.07) is 8.71. The Labute approximate surface area is 187 Å². The highest BCUT2D eigenvalue weighted by Crippen LogP contribution is 2.24. The number of hydrogen-bond acceptors (Lipinski definition) is 3. The van der Waals surface area contributed by atoms with Crippen molar-refractivity contribution in [2.24, 2.45) is 0 Å². The second kappa shape index (κ2) is 8.54. The first-order valence-corrected chi connectivity index (χ1v) is 10.2. The lowest BCUT2D eigenvalue weighted by Gasteiger charge is -2.14. The van der Waals surface area contributed by atoms with Gasteiger partial charge in [0.1, 0.15) is 0 Å². The molecule has 0 radical (unpaired) electrons. The first-order valence-electron chi connectivity index (χ1n) is 10.2. The Hall–Kier alpha value is -3.94. The molecule has 2 aromatic carbocycles. The monoisotopic (exact) mass is 451 g/mol. The van der Waals surface area contributed by atoms with E-state index in [2.05, 4.69) is 9.97 Å². The lowest BCUT2D eigenvalue weighted by Crippen LogP contribution is -2.37. The number of hydrogen-bond donors (Lipinski definition) is 1. The average Bonchev–Trinajstić information content (AvgIpc) is 2.76. The summed E-state index contributed by atoms with van der Waals surface area (Å²) in [5, 5.41) is 0. The second-order valence-corrected chi connectivity index (χ2v) is 7.99. The molecule has 0 saturated carbocycles. The first kappa shape index (κ1) is 22.3. The molecule has 0 unspecified atom stereocenters. The zero-order chi connectivity index (χ0) is 23.9. The zero-order valence-electron chi connectivity index (χ0n) is 18.2. The quantitative estimate of drug-likeness (QED) is 0.464. The standard InChI is InChI=1S/C25H20F3N3O2/c1-13-6-18(12-29-11-13)31-24(32)19(8-16-9-20(26)22(28)21(27)10-16)23(30-25(31)33)17-5-4-14(2)15(3)7-17/h4-7,9-12H,8H2,1-3H3,(H,30,33). The van der Waals surface area contributed by atoms with Crippen molar-refractivity contribution in [1.29, 1.82) is 0 Å². The zero-order valence-corrected chi connectivity index (χ0v) is 18.2. The predicted molar refractivity (Wildman–Crippen MR) is 119 cm³/mol. The van der Waals surface area contributed by atoms with Gasteiger partial charge in [-0.1, -0.05) is 12.1 Å². The molecule has 4 aromatic rings. The molecule has 0 amide bonds. The minimum absolute atomic E-state index is 0.0505. The summed E-state index contributed by atoms with van der Waals surface area (Å²) in [5.74, 6) is -4.30. The molecule has 0 fully saturated rings. The van der Waals surface area contributed by atoms with Crippen molar-refractivity contribution >= 4 is 0 Å². The summed E-state index contributed by atoms with van der Waals surface area (Å²) in [7, 11) is 0. The third-order valence-electron chi connectivity index (χ3n) is 5.54. The molecule has 33 heavy (non-hydrogen) atoms. The molecule has 8 heteroatoms. The Kier molecular flexibility index (Phi) is 5.76. The number of benzene rings is 2. The molecule has 5 nitrogen and oxygen atoms in total. The number of pyridine rings is 1. The Morgan fingerprint density at radius 3 is 2.24 bits per heavy atom. The Morgan fingerprint density at radius 2 is 1.61 bits per heavy atom. The minimum atomic E-state index is -1.59. The molecule has 2 aromatic heterocycles. The van der Waals surface area contributed by atoms with Crippen molar-refractivity contribution in [3.8, 4) is 16.9 Å². The van der Waals surface area contributed by atoms with E-state index in [1.54, 1.807) is 25.3 Å². The molecule has 0 aliphatic carbocycles. The SMILES string of the molecule is Cc1cncc(-n2c(=O)[nH]c(-c3ccc(C)c(C)c3)c(Cc3cc(F)c(F)c(F)c3)c2=O)c1. The van der Waals surface area contributed by atoms with E-state index in [1.165, 1.54) is 6.20 Å². The topological polar surface area (TPSA) is 67.8 Å². The van der Waals surface area contributed by atoms with Crippen LogP contribution in [0.15, 0.2) is 58.4 Å². The van der Waals surface area contributed by atoms with Crippen LogP contribution in [-0.4, -0.2) is 14.5 Å². The van der Waals surface area contributed by atoms with Crippen molar-refractivity contribution in [3.05, 3.63) is 115 Å². The molecule has 0 aliphatic rings. The number of nitrogens with one attached hydrogen (secondary N) is 1. The van der Waals surface area contributed by atoms with Crippen LogP contribution in [-0.2, 0) is 6.42 Å². The summed E-state index contributed by atoms with van der Waals surface area (Å²) in [6.45, 7) is 5.58. The van der Waals surface area contributed by atoms with E-state index in [-0.39, 0.29) is 28.9 Å². The van der Waals surface area contributed by atoms with Gasteiger partial charge in [-0.2, -0.15) is 0 Å². The van der Waals surface area contributed by atoms with Gasteiger partial charge in [0, 0.05) is 18.2 Å². The second-order valence-electron chi connectivity index (χ2n) is 7.99. The van der Waals surface area contributed by atoms with Crippen LogP contribution in [0.3, 0.4) is 0 Å². The van der Waals surface area contributed by atoms with Crippen LogP contribution in [0.1, 0.15) is 27.8 Å². The highest BCUT2D eigenvalue weighted by atomic mass is 19.2. The number of halogens is 3. The highest BCUT2D eigenvalue weighted by Gasteiger charge is 2.19. The van der Waals surface area contributed by atoms with Gasteiger partial charge in [0.05, 0.1) is 17.6 Å². The van der Waals surface area contributed by atoms with Gasteiger partial charge in [-0.3, -0.25) is 9.78 Å². The van der Waals surface area contributed by atoms with Gasteiger partial charge in [0.15, 0.2) is 17.5 Å². The molecule has 168 valence electrons. The van der Waals surface area contributed by atoms with Gasteiger partial charge in [0.25, 0.3) is 5.56 Å². The molecule has 0 spiro atoms. The fourth-order valence-electron chi connectivity index (χ4n) is 3.69. The molecule has 2 heterocycles. The highest BCUT2D eigenvalue weighted by molar-refractivity contribution is 5.65. The predicted octanol–water partition coefficient (Wildman–Crippen LogP) is 4.52. The Balaban J connectivity index is 2.00. The van der Waals surface area contributed by atoms with Gasteiger partial charge < -0.3 is 4.98 Å². The van der Waals surface area contributed by atoms with Crippen molar-refractivity contribution in [2.75, 3.05) is 0 Å². The normalized spacial score (nSPS) is 11.1. The number of rotatable bonds is 4. The van der Waals surface area contributed by atoms with Crippen molar-refractivity contribution in [2.45, 2.75) is 27.2 Å². The van der Waals surface area contributed by atoms with Crippen molar-refractivity contribution in [1.82, 2.24) is 14.5 Å². The van der Waals surface area contributed by atoms with Crippen LogP contribution in [0.25, 0.3) is 16.9 Å². The van der Waals surface area contributed by atoms with E-state index in [1.807, 2.05) is 26.0 Å². The molecule has 0 saturated heterocycles. The number of nitrogens with zero attached hydrogens (tertiary/aromatic N) is 2. The van der Waals surface area contributed by atoms with Crippen LogP contribution >= 0.6 is 0 Å². The largest absolute Gasteiger partial charge is 0.333 e. The third kappa shape index (κ3) is 4.24. The summed E-state index contributed by atoms with van der Waals surface area (Å²) in [4.78, 5) is 33.3. The Bertz CT molecular complexity index is 1480. The number of aromatic nitrogens is 3. The lowest BCUT2D eigenvalue weighted by molar-refractivity contribution is 0.445. The van der Waals surface area contributed by atoms with E-state index in [9.17, 15) is 22.8 Å². The summed E-state index contributed by atoms with van der Waals surface area (Å²) in [6.07, 6.45) is 2.72. The molecule has 0 bridgehead atoms. The van der Waals surface area contributed by atoms with E-state index < -0.39 is 28.7 Å². The fourth-order valence-corrected chi connectivity index (χ4v) is 3.69. The van der Waals surface area contributed by atoms with Gasteiger partial charge >= 0.3 is 5.69 Å². The van der Waals surface area contributed by atoms with E-state index in [4.69, 9.17) is 0 Å². The van der Waals surface area contributed by atoms with Crippen LogP contribution < -0.4 is 11.2 Å². The molecule has 4 rings (SSSR count). The summed E-state index contributed by atoms with van der Waals surface area (Å²) < 4.78 is 42.1. The van der Waals surface area contributed by atoms with Crippen LogP contribution in [0, 0.1) is 38.2 Å². The van der Waals surface area contributed by atoms with E-state index >= 15 is 0 Å². The van der Waals surface area contributed by atoms with Gasteiger partial charge in [-0.25, -0.2) is 22.5 Å². The summed E-state index contributed by atoms with van der Waals surface area (Å²) >= 11 is 0. The molecule has 1 N–H and O–H groups in total. The molecule has 0 atom stereocenters. The Morgan fingerprint density at radius 1 is 0.909 bits per heavy atom. The van der Waals surface area contributed by atoms with E-state index in [0.717, 1.165) is 33.4 Å². The fraction of sp³-hybridized carbons (Fsp3) is 0.160. The average molecular weight is 451 g/mol. The maximum absolute atomic E-state index is 13.9. The number of aryl methyl sites for hydroxylation is 3. The number of aromatic amines is 1. The maximum atomic E-state index is 13.9. The minimum Gasteiger partial charge on any atom is -0.306 e. The third-order valence-corrected chi connectivity index (χ3v) is 5.54. The maximum Gasteiger partial charge on any atom is 0.333 e. The summed E-state index contributed by atoms with van der Waals surface area (Å²) in [5.41, 5.74) is 2.56. The smallest absolute Gasteiger partial charge is 0.306 e. The molecular weight excluding hydrogens is 431 g/mol. The molecular formula is C25H20F3N3O2. The van der Waals surface area contributed by atoms with Crippen LogP contribution in [0.4, 0.5) is 13.2 Å². The first-order chi connectivity index (χ1) is 15.7. The van der Waals surface area contributed by atoms with Crippen molar-refractivity contribution < 1.29 is 13.2 Å². The van der Waals surface area contributed by atoms with Gasteiger partial charge in [-0.05, 0) is 72.9 Å². The van der Waals surface area contributed by atoms with Crippen LogP contribution in [0.5, 0.6) is 0 Å². The van der Waals surface area contributed by atoms with Gasteiger partial charge in [-0.15, -0.1) is 0 Å². The van der Waals surface area contributed by atoms with Gasteiger partial charge in [0.2, 0.25) is 0 Å².